The van der Waals surface area contributed by atoms with Gasteiger partial charge in [-0.2, -0.15) is 0 Å². The van der Waals surface area contributed by atoms with Gasteiger partial charge in [-0.1, -0.05) is 0 Å². The van der Waals surface area contributed by atoms with Crippen molar-refractivity contribution in [2.24, 2.45) is 0 Å². The normalized spacial score (nSPS) is 19.3. The molecule has 7 heteroatoms. The van der Waals surface area contributed by atoms with Crippen LogP contribution in [-0.2, 0) is 11.3 Å². The number of nitrogens with zero attached hydrogens (tertiary/aromatic N) is 1. The molecule has 2 rings (SSSR count). The molecular weight excluding hydrogens is 244 g/mol. The Bertz CT molecular complexity index is 406. The Balaban J connectivity index is 1.89. The van der Waals surface area contributed by atoms with Gasteiger partial charge in [0, 0.05) is 5.75 Å². The predicted octanol–water partition coefficient (Wildman–Crippen LogP) is 0.949. The first kappa shape index (κ1) is 11.8. The molecule has 1 atom stereocenters. The average Bonchev–Trinajstić information content (AvgIpc) is 2.96. The van der Waals surface area contributed by atoms with E-state index in [4.69, 9.17) is 9.52 Å². The predicted molar refractivity (Wildman–Crippen MR) is 61.5 cm³/mol. The van der Waals surface area contributed by atoms with Crippen LogP contribution in [0.4, 0.5) is 4.79 Å². The van der Waals surface area contributed by atoms with Crippen LogP contribution in [0.25, 0.3) is 0 Å². The number of carbonyl (C=O) groups excluding carboxylic acids is 1. The van der Waals surface area contributed by atoms with E-state index < -0.39 is 12.0 Å². The number of rotatable bonds is 3. The molecule has 0 aliphatic carbocycles. The first-order valence-electron chi connectivity index (χ1n) is 5.06. The summed E-state index contributed by atoms with van der Waals surface area (Å²) in [6.07, 6.45) is 1.52. The molecule has 0 saturated carbocycles. The van der Waals surface area contributed by atoms with Crippen molar-refractivity contribution < 1.29 is 19.1 Å². The van der Waals surface area contributed by atoms with Crippen LogP contribution in [0.5, 0.6) is 0 Å². The van der Waals surface area contributed by atoms with Gasteiger partial charge in [-0.05, 0) is 12.1 Å². The third-order valence-corrected chi connectivity index (χ3v) is 3.43. The first-order chi connectivity index (χ1) is 8.18. The summed E-state index contributed by atoms with van der Waals surface area (Å²) >= 11 is 1.43. The molecule has 2 heterocycles. The molecule has 6 nitrogen and oxygen atoms in total. The molecule has 0 spiro atoms. The summed E-state index contributed by atoms with van der Waals surface area (Å²) in [4.78, 5) is 24.0. The average molecular weight is 256 g/mol. The van der Waals surface area contributed by atoms with E-state index in [0.29, 0.717) is 17.4 Å². The number of hydrogen-bond acceptors (Lipinski definition) is 4. The van der Waals surface area contributed by atoms with Crippen molar-refractivity contribution in [3.05, 3.63) is 24.2 Å². The van der Waals surface area contributed by atoms with Crippen molar-refractivity contribution in [1.82, 2.24) is 10.2 Å². The van der Waals surface area contributed by atoms with Crippen molar-refractivity contribution in [1.29, 1.82) is 0 Å². The second-order valence-corrected chi connectivity index (χ2v) is 4.56. The molecule has 0 aromatic carbocycles. The molecule has 1 aliphatic rings. The second-order valence-electron chi connectivity index (χ2n) is 3.56. The summed E-state index contributed by atoms with van der Waals surface area (Å²) in [5.41, 5.74) is 0. The Labute approximate surface area is 102 Å². The SMILES string of the molecule is O=C(O)[C@@H]1CSCN1C(=O)NCc1ccco1. The number of nitrogens with one attached hydrogen (secondary N) is 1. The van der Waals surface area contributed by atoms with Crippen LogP contribution in [-0.4, -0.2) is 39.7 Å². The lowest BCUT2D eigenvalue weighted by Crippen LogP contribution is -2.46. The van der Waals surface area contributed by atoms with E-state index in [1.54, 1.807) is 12.1 Å². The van der Waals surface area contributed by atoms with E-state index in [1.807, 2.05) is 0 Å². The smallest absolute Gasteiger partial charge is 0.327 e. The van der Waals surface area contributed by atoms with E-state index in [2.05, 4.69) is 5.32 Å². The standard InChI is InChI=1S/C10H12N2O4S/c13-9(14)8-5-17-6-12(8)10(15)11-4-7-2-1-3-16-7/h1-3,8H,4-6H2,(H,11,15)(H,13,14)/t8-/m0/s1. The Morgan fingerprint density at radius 2 is 2.47 bits per heavy atom. The van der Waals surface area contributed by atoms with Crippen LogP contribution in [0.1, 0.15) is 5.76 Å². The van der Waals surface area contributed by atoms with Gasteiger partial charge in [0.25, 0.3) is 0 Å². The van der Waals surface area contributed by atoms with Gasteiger partial charge in [0.1, 0.15) is 11.8 Å². The fraction of sp³-hybridized carbons (Fsp3) is 0.400. The molecule has 1 aromatic heterocycles. The molecule has 2 amide bonds. The second kappa shape index (κ2) is 5.13. The maximum Gasteiger partial charge on any atom is 0.327 e. The summed E-state index contributed by atoms with van der Waals surface area (Å²) in [5, 5.41) is 11.6. The zero-order valence-electron chi connectivity index (χ0n) is 8.96. The fourth-order valence-electron chi connectivity index (χ4n) is 1.52. The number of aliphatic carboxylic acids is 1. The number of thioether (sulfide) groups is 1. The van der Waals surface area contributed by atoms with Crippen molar-refractivity contribution in [2.45, 2.75) is 12.6 Å². The van der Waals surface area contributed by atoms with Crippen LogP contribution >= 0.6 is 11.8 Å². The molecule has 1 saturated heterocycles. The maximum atomic E-state index is 11.8. The summed E-state index contributed by atoms with van der Waals surface area (Å²) in [6.45, 7) is 0.263. The van der Waals surface area contributed by atoms with Gasteiger partial charge in [0.05, 0.1) is 18.7 Å². The largest absolute Gasteiger partial charge is 0.480 e. The van der Waals surface area contributed by atoms with Gasteiger partial charge in [0.2, 0.25) is 0 Å². The molecule has 1 aliphatic heterocycles. The van der Waals surface area contributed by atoms with Crippen molar-refractivity contribution >= 4 is 23.8 Å². The van der Waals surface area contributed by atoms with Gasteiger partial charge in [-0.25, -0.2) is 9.59 Å². The highest BCUT2D eigenvalue weighted by molar-refractivity contribution is 7.99. The maximum absolute atomic E-state index is 11.8. The number of hydrogen-bond donors (Lipinski definition) is 2. The van der Waals surface area contributed by atoms with Crippen LogP contribution in [0.2, 0.25) is 0 Å². The molecule has 0 unspecified atom stereocenters. The number of carbonyl (C=O) groups is 2. The lowest BCUT2D eigenvalue weighted by Gasteiger charge is -2.20. The third kappa shape index (κ3) is 2.73. The molecule has 0 bridgehead atoms. The number of carboxylic acids is 1. The highest BCUT2D eigenvalue weighted by Crippen LogP contribution is 2.20. The molecule has 92 valence electrons. The minimum Gasteiger partial charge on any atom is -0.480 e. The van der Waals surface area contributed by atoms with Crippen molar-refractivity contribution in [2.75, 3.05) is 11.6 Å². The molecule has 1 aromatic rings. The summed E-state index contributed by atoms with van der Waals surface area (Å²) in [6, 6.07) is 2.36. The monoisotopic (exact) mass is 256 g/mol. The zero-order valence-corrected chi connectivity index (χ0v) is 9.77. The Morgan fingerprint density at radius 3 is 3.12 bits per heavy atom. The van der Waals surface area contributed by atoms with E-state index in [0.717, 1.165) is 0 Å². The molecule has 2 N–H and O–H groups in total. The quantitative estimate of drug-likeness (QED) is 0.841. The number of amides is 2. The Hall–Kier alpha value is -1.63. The van der Waals surface area contributed by atoms with Crippen LogP contribution in [0.3, 0.4) is 0 Å². The van der Waals surface area contributed by atoms with Gasteiger partial charge in [0.15, 0.2) is 0 Å². The van der Waals surface area contributed by atoms with Crippen LogP contribution < -0.4 is 5.32 Å². The summed E-state index contributed by atoms with van der Waals surface area (Å²) < 4.78 is 5.07. The summed E-state index contributed by atoms with van der Waals surface area (Å²) in [7, 11) is 0. The highest BCUT2D eigenvalue weighted by Gasteiger charge is 2.34. The molecular formula is C10H12N2O4S. The van der Waals surface area contributed by atoms with Gasteiger partial charge < -0.3 is 19.7 Å². The molecule has 17 heavy (non-hydrogen) atoms. The molecule has 0 radical (unpaired) electrons. The van der Waals surface area contributed by atoms with Gasteiger partial charge in [-0.3, -0.25) is 0 Å². The van der Waals surface area contributed by atoms with E-state index in [1.165, 1.54) is 22.9 Å². The number of urea groups is 1. The highest BCUT2D eigenvalue weighted by atomic mass is 32.2. The number of carboxylic acid groups (broad SMARTS) is 1. The topological polar surface area (TPSA) is 82.8 Å². The fourth-order valence-corrected chi connectivity index (χ4v) is 2.67. The minimum absolute atomic E-state index is 0.263. The Kier molecular flexibility index (Phi) is 3.58. The first-order valence-corrected chi connectivity index (χ1v) is 6.21. The van der Waals surface area contributed by atoms with Crippen molar-refractivity contribution in [3.8, 4) is 0 Å². The van der Waals surface area contributed by atoms with E-state index in [-0.39, 0.29) is 12.6 Å². The van der Waals surface area contributed by atoms with E-state index in [9.17, 15) is 9.59 Å². The van der Waals surface area contributed by atoms with Gasteiger partial charge in [-0.15, -0.1) is 11.8 Å². The van der Waals surface area contributed by atoms with Crippen LogP contribution in [0.15, 0.2) is 22.8 Å². The zero-order chi connectivity index (χ0) is 12.3. The molecule has 1 fully saturated rings. The Morgan fingerprint density at radius 1 is 1.65 bits per heavy atom. The third-order valence-electron chi connectivity index (χ3n) is 2.42. The van der Waals surface area contributed by atoms with Gasteiger partial charge >= 0.3 is 12.0 Å². The number of furan rings is 1. The van der Waals surface area contributed by atoms with E-state index >= 15 is 0 Å². The lowest BCUT2D eigenvalue weighted by atomic mass is 10.3. The van der Waals surface area contributed by atoms with Crippen molar-refractivity contribution in [3.63, 3.8) is 0 Å². The lowest BCUT2D eigenvalue weighted by molar-refractivity contribution is -0.140. The minimum atomic E-state index is -0.969. The summed E-state index contributed by atoms with van der Waals surface area (Å²) in [5.74, 6) is 0.505. The van der Waals surface area contributed by atoms with Crippen LogP contribution in [0, 0.1) is 0 Å².